The molecule has 6 N–H and O–H groups in total. The Bertz CT molecular complexity index is 937. The second kappa shape index (κ2) is 32.2. The van der Waals surface area contributed by atoms with Gasteiger partial charge in [-0.05, 0) is 38.5 Å². The summed E-state index contributed by atoms with van der Waals surface area (Å²) in [5, 5.41) is 50.0. The fraction of sp³-hybridized carbons (Fsp3) is 0.925. The summed E-state index contributed by atoms with van der Waals surface area (Å²) in [6.45, 7) is 4.23. The molecule has 1 rings (SSSR count). The molecule has 0 aromatic rings. The number of aliphatic hydroxyl groups excluding tert-OH is 5. The highest BCUT2D eigenvalue weighted by Gasteiger charge is 2.51. The molecule has 0 saturated heterocycles. The molecule has 53 heavy (non-hydrogen) atoms. The first-order valence-corrected chi connectivity index (χ1v) is 22.5. The molecule has 1 fully saturated rings. The van der Waals surface area contributed by atoms with Gasteiger partial charge in [0.1, 0.15) is 42.7 Å². The van der Waals surface area contributed by atoms with Gasteiger partial charge in [-0.25, -0.2) is 4.57 Å². The van der Waals surface area contributed by atoms with Gasteiger partial charge in [-0.2, -0.15) is 0 Å². The molecule has 12 nitrogen and oxygen atoms in total. The van der Waals surface area contributed by atoms with Crippen LogP contribution in [0.5, 0.6) is 0 Å². The van der Waals surface area contributed by atoms with E-state index in [1.807, 2.05) is 0 Å². The van der Waals surface area contributed by atoms with Crippen LogP contribution in [-0.4, -0.2) is 98.9 Å². The van der Waals surface area contributed by atoms with E-state index in [1.54, 1.807) is 0 Å². The van der Waals surface area contributed by atoms with Gasteiger partial charge in [-0.1, -0.05) is 142 Å². The van der Waals surface area contributed by atoms with E-state index in [9.17, 15) is 39.8 Å². The van der Waals surface area contributed by atoms with Crippen molar-refractivity contribution in [1.29, 1.82) is 0 Å². The molecule has 0 aromatic carbocycles. The Morgan fingerprint density at radius 3 is 1.49 bits per heavy atom. The Labute approximate surface area is 320 Å². The molecular weight excluding hydrogens is 703 g/mol. The SMILES string of the molecule is CCCCCCCCC/C=C\CCCCCCCC(=O)OC(COCCCCCCCCCCCC)COP(=O)(O)OC1C(O)C(O)C(O)C(O)C1O. The number of phosphoric ester groups is 1. The molecule has 0 aromatic heterocycles. The quantitative estimate of drug-likeness (QED) is 0.0160. The Balaban J connectivity index is 2.43. The fourth-order valence-corrected chi connectivity index (χ4v) is 7.44. The number of unbranched alkanes of at least 4 members (excludes halogenated alkanes) is 21. The molecular formula is C40H77O12P. The lowest BCUT2D eigenvalue weighted by Gasteiger charge is -2.41. The van der Waals surface area contributed by atoms with Gasteiger partial charge in [0.15, 0.2) is 0 Å². The lowest BCUT2D eigenvalue weighted by Crippen LogP contribution is -2.64. The van der Waals surface area contributed by atoms with Gasteiger partial charge in [-0.15, -0.1) is 0 Å². The normalized spacial score (nSPS) is 23.7. The molecule has 0 aliphatic heterocycles. The summed E-state index contributed by atoms with van der Waals surface area (Å²) in [6.07, 6.45) is 20.0. The maximum absolute atomic E-state index is 12.7. The van der Waals surface area contributed by atoms with Crippen LogP contribution in [0.15, 0.2) is 12.2 Å². The summed E-state index contributed by atoms with van der Waals surface area (Å²) in [6, 6.07) is 0. The zero-order valence-corrected chi connectivity index (χ0v) is 34.0. The van der Waals surface area contributed by atoms with Gasteiger partial charge in [0.25, 0.3) is 0 Å². The number of carbonyl (C=O) groups excluding carboxylic acids is 1. The van der Waals surface area contributed by atoms with Crippen LogP contribution < -0.4 is 0 Å². The third-order valence-corrected chi connectivity index (χ3v) is 10.9. The van der Waals surface area contributed by atoms with Gasteiger partial charge in [0, 0.05) is 13.0 Å². The number of rotatable bonds is 35. The summed E-state index contributed by atoms with van der Waals surface area (Å²) in [5.41, 5.74) is 0. The second-order valence-corrected chi connectivity index (χ2v) is 16.3. The molecule has 6 unspecified atom stereocenters. The molecule has 1 aliphatic carbocycles. The zero-order valence-electron chi connectivity index (χ0n) is 33.1. The van der Waals surface area contributed by atoms with E-state index in [-0.39, 0.29) is 13.0 Å². The minimum Gasteiger partial charge on any atom is -0.457 e. The van der Waals surface area contributed by atoms with E-state index in [4.69, 9.17) is 18.5 Å². The maximum Gasteiger partial charge on any atom is 0.472 e. The molecule has 1 saturated carbocycles. The summed E-state index contributed by atoms with van der Waals surface area (Å²) < 4.78 is 34.0. The van der Waals surface area contributed by atoms with E-state index >= 15 is 0 Å². The van der Waals surface area contributed by atoms with Crippen molar-refractivity contribution in [2.75, 3.05) is 19.8 Å². The van der Waals surface area contributed by atoms with Crippen LogP contribution in [-0.2, 0) is 27.9 Å². The van der Waals surface area contributed by atoms with Crippen molar-refractivity contribution in [3.05, 3.63) is 12.2 Å². The monoisotopic (exact) mass is 781 g/mol. The summed E-state index contributed by atoms with van der Waals surface area (Å²) in [7, 11) is -5.01. The third-order valence-electron chi connectivity index (χ3n) is 9.89. The standard InChI is InChI=1S/C40H77O12P/c1-3-5-7-9-11-13-15-16-17-18-19-20-21-23-25-27-29-34(41)51-33(31-49-30-28-26-24-22-14-12-10-8-6-4-2)32-50-53(47,48)52-40-38(45)36(43)35(42)37(44)39(40)46/h17-18,33,35-40,42-46H,3-16,19-32H2,1-2H3,(H,47,48)/b18-17-. The average Bonchev–Trinajstić information content (AvgIpc) is 3.14. The van der Waals surface area contributed by atoms with Crippen molar-refractivity contribution in [3.63, 3.8) is 0 Å². The van der Waals surface area contributed by atoms with E-state index in [0.29, 0.717) is 13.0 Å². The number of aliphatic hydroxyl groups is 5. The molecule has 13 heteroatoms. The number of hydrogen-bond acceptors (Lipinski definition) is 11. The van der Waals surface area contributed by atoms with Crippen LogP contribution >= 0.6 is 7.82 Å². The van der Waals surface area contributed by atoms with Crippen LogP contribution in [0.25, 0.3) is 0 Å². The summed E-state index contributed by atoms with van der Waals surface area (Å²) in [4.78, 5) is 23.0. The highest BCUT2D eigenvalue weighted by atomic mass is 31.2. The minimum atomic E-state index is -5.01. The van der Waals surface area contributed by atoms with Gasteiger partial charge < -0.3 is 39.9 Å². The number of ether oxygens (including phenoxy) is 2. The molecule has 314 valence electrons. The van der Waals surface area contributed by atoms with E-state index < -0.39 is 63.1 Å². The van der Waals surface area contributed by atoms with Crippen LogP contribution in [0.2, 0.25) is 0 Å². The number of allylic oxidation sites excluding steroid dienone is 2. The topological polar surface area (TPSA) is 192 Å². The fourth-order valence-electron chi connectivity index (χ4n) is 6.47. The average molecular weight is 781 g/mol. The Morgan fingerprint density at radius 1 is 0.585 bits per heavy atom. The molecule has 0 amide bonds. The third kappa shape index (κ3) is 25.1. The van der Waals surface area contributed by atoms with Gasteiger partial charge in [0.2, 0.25) is 0 Å². The van der Waals surface area contributed by atoms with E-state index in [0.717, 1.165) is 57.8 Å². The molecule has 6 atom stereocenters. The largest absolute Gasteiger partial charge is 0.472 e. The van der Waals surface area contributed by atoms with Crippen molar-refractivity contribution < 1.29 is 58.3 Å². The number of esters is 1. The Hall–Kier alpha value is -0.920. The molecule has 1 aliphatic rings. The minimum absolute atomic E-state index is 0.0755. The van der Waals surface area contributed by atoms with Gasteiger partial charge in [0.05, 0.1) is 13.2 Å². The van der Waals surface area contributed by atoms with Crippen LogP contribution in [0.3, 0.4) is 0 Å². The van der Waals surface area contributed by atoms with Crippen molar-refractivity contribution in [2.45, 2.75) is 217 Å². The molecule has 0 bridgehead atoms. The zero-order chi connectivity index (χ0) is 39.2. The lowest BCUT2D eigenvalue weighted by molar-refractivity contribution is -0.220. The van der Waals surface area contributed by atoms with Crippen molar-refractivity contribution in [1.82, 2.24) is 0 Å². The Kier molecular flexibility index (Phi) is 30.4. The smallest absolute Gasteiger partial charge is 0.457 e. The highest BCUT2D eigenvalue weighted by Crippen LogP contribution is 2.47. The van der Waals surface area contributed by atoms with Crippen LogP contribution in [0.1, 0.15) is 174 Å². The van der Waals surface area contributed by atoms with Gasteiger partial charge in [-0.3, -0.25) is 13.8 Å². The number of phosphoric acid groups is 1. The first-order valence-electron chi connectivity index (χ1n) is 21.0. The van der Waals surface area contributed by atoms with Crippen molar-refractivity contribution >= 4 is 13.8 Å². The Morgan fingerprint density at radius 2 is 1.00 bits per heavy atom. The predicted octanol–water partition coefficient (Wildman–Crippen LogP) is 7.58. The summed E-state index contributed by atoms with van der Waals surface area (Å²) in [5.74, 6) is -0.485. The molecule has 0 radical (unpaired) electrons. The van der Waals surface area contributed by atoms with E-state index in [1.165, 1.54) is 89.9 Å². The molecule has 0 heterocycles. The van der Waals surface area contributed by atoms with Crippen molar-refractivity contribution in [3.8, 4) is 0 Å². The van der Waals surface area contributed by atoms with Crippen LogP contribution in [0.4, 0.5) is 0 Å². The maximum atomic E-state index is 12.7. The van der Waals surface area contributed by atoms with Gasteiger partial charge >= 0.3 is 13.8 Å². The predicted molar refractivity (Wildman–Crippen MR) is 207 cm³/mol. The number of hydrogen-bond donors (Lipinski definition) is 6. The first-order chi connectivity index (χ1) is 25.5. The lowest BCUT2D eigenvalue weighted by atomic mass is 9.85. The van der Waals surface area contributed by atoms with Crippen molar-refractivity contribution in [2.24, 2.45) is 0 Å². The number of carbonyl (C=O) groups is 1. The highest BCUT2D eigenvalue weighted by molar-refractivity contribution is 7.47. The van der Waals surface area contributed by atoms with E-state index in [2.05, 4.69) is 26.0 Å². The second-order valence-electron chi connectivity index (χ2n) is 14.8. The van der Waals surface area contributed by atoms with Crippen LogP contribution in [0, 0.1) is 0 Å². The summed E-state index contributed by atoms with van der Waals surface area (Å²) >= 11 is 0. The molecule has 0 spiro atoms. The first kappa shape index (κ1) is 50.1.